The molecule has 0 fully saturated rings. The summed E-state index contributed by atoms with van der Waals surface area (Å²) in [6.45, 7) is 6.59. The zero-order valence-electron chi connectivity index (χ0n) is 7.36. The average Bonchev–Trinajstić information content (AvgIpc) is 1.90. The predicted molar refractivity (Wildman–Crippen MR) is 48.6 cm³/mol. The third-order valence-electron chi connectivity index (χ3n) is 2.13. The van der Waals surface area contributed by atoms with E-state index < -0.39 is 0 Å². The van der Waals surface area contributed by atoms with E-state index in [0.717, 1.165) is 5.92 Å². The van der Waals surface area contributed by atoms with E-state index in [1.165, 1.54) is 25.7 Å². The molecule has 0 aromatic heterocycles. The number of hydrogen-bond acceptors (Lipinski definition) is 0. The number of alkyl halides is 1. The molecule has 0 bridgehead atoms. The Morgan fingerprint density at radius 3 is 1.90 bits per heavy atom. The van der Waals surface area contributed by atoms with Crippen molar-refractivity contribution in [3.63, 3.8) is 0 Å². The first-order valence-corrected chi connectivity index (χ1v) is 4.78. The van der Waals surface area contributed by atoms with Crippen molar-refractivity contribution in [2.24, 2.45) is 5.92 Å². The Morgan fingerprint density at radius 1 is 1.10 bits per heavy atom. The highest BCUT2D eigenvalue weighted by Crippen LogP contribution is 2.17. The maximum absolute atomic E-state index is 5.84. The summed E-state index contributed by atoms with van der Waals surface area (Å²) in [5, 5.41) is 0.362. The van der Waals surface area contributed by atoms with Crippen molar-refractivity contribution in [2.75, 3.05) is 0 Å². The second-order valence-corrected chi connectivity index (χ2v) is 3.79. The van der Waals surface area contributed by atoms with Gasteiger partial charge in [0.15, 0.2) is 0 Å². The zero-order chi connectivity index (χ0) is 7.98. The minimum atomic E-state index is 0.362. The molecule has 1 atom stereocenters. The van der Waals surface area contributed by atoms with Crippen molar-refractivity contribution in [1.82, 2.24) is 0 Å². The van der Waals surface area contributed by atoms with Crippen molar-refractivity contribution in [3.8, 4) is 0 Å². The van der Waals surface area contributed by atoms with E-state index in [1.54, 1.807) is 0 Å². The molecule has 0 aliphatic carbocycles. The predicted octanol–water partition coefficient (Wildman–Crippen LogP) is 3.83. The fourth-order valence-corrected chi connectivity index (χ4v) is 1.29. The van der Waals surface area contributed by atoms with Gasteiger partial charge >= 0.3 is 0 Å². The molecule has 0 rings (SSSR count). The summed E-state index contributed by atoms with van der Waals surface area (Å²) >= 11 is 5.84. The van der Waals surface area contributed by atoms with Gasteiger partial charge in [-0.15, -0.1) is 11.6 Å². The van der Waals surface area contributed by atoms with Gasteiger partial charge in [-0.2, -0.15) is 0 Å². The molecule has 0 aromatic rings. The summed E-state index contributed by atoms with van der Waals surface area (Å²) in [7, 11) is 0. The van der Waals surface area contributed by atoms with Gasteiger partial charge in [-0.1, -0.05) is 26.7 Å². The van der Waals surface area contributed by atoms with E-state index in [0.29, 0.717) is 5.38 Å². The smallest absolute Gasteiger partial charge is 0.0307 e. The van der Waals surface area contributed by atoms with Gasteiger partial charge in [0.1, 0.15) is 0 Å². The Bertz CT molecular complexity index is 65.1. The fourth-order valence-electron chi connectivity index (χ4n) is 1.16. The molecular weight excluding hydrogens is 144 g/mol. The van der Waals surface area contributed by atoms with Crippen LogP contribution in [0.3, 0.4) is 0 Å². The summed E-state index contributed by atoms with van der Waals surface area (Å²) in [5.41, 5.74) is 0. The third kappa shape index (κ3) is 5.10. The molecule has 0 N–H and O–H groups in total. The topological polar surface area (TPSA) is 0 Å². The number of hydrogen-bond donors (Lipinski definition) is 0. The SMILES string of the molecule is CCC(CC)CCC(C)Cl. The molecule has 0 aromatic carbocycles. The van der Waals surface area contributed by atoms with Gasteiger partial charge in [0.25, 0.3) is 0 Å². The highest BCUT2D eigenvalue weighted by atomic mass is 35.5. The van der Waals surface area contributed by atoms with Gasteiger partial charge < -0.3 is 0 Å². The van der Waals surface area contributed by atoms with Crippen molar-refractivity contribution >= 4 is 11.6 Å². The van der Waals surface area contributed by atoms with Crippen LogP contribution in [-0.2, 0) is 0 Å². The van der Waals surface area contributed by atoms with Gasteiger partial charge in [0.05, 0.1) is 0 Å². The van der Waals surface area contributed by atoms with Crippen molar-refractivity contribution < 1.29 is 0 Å². The molecule has 10 heavy (non-hydrogen) atoms. The lowest BCUT2D eigenvalue weighted by atomic mass is 9.97. The largest absolute Gasteiger partial charge is 0.123 e. The number of rotatable bonds is 5. The van der Waals surface area contributed by atoms with E-state index in [4.69, 9.17) is 11.6 Å². The van der Waals surface area contributed by atoms with Crippen molar-refractivity contribution in [3.05, 3.63) is 0 Å². The van der Waals surface area contributed by atoms with Crippen LogP contribution in [0, 0.1) is 5.92 Å². The zero-order valence-corrected chi connectivity index (χ0v) is 8.12. The maximum atomic E-state index is 5.84. The highest BCUT2D eigenvalue weighted by molar-refractivity contribution is 6.20. The van der Waals surface area contributed by atoms with Crippen LogP contribution in [0.2, 0.25) is 0 Å². The maximum Gasteiger partial charge on any atom is 0.0307 e. The second kappa shape index (κ2) is 6.03. The second-order valence-electron chi connectivity index (χ2n) is 3.04. The van der Waals surface area contributed by atoms with Crippen LogP contribution in [0.1, 0.15) is 46.5 Å². The Labute approximate surface area is 70.0 Å². The van der Waals surface area contributed by atoms with E-state index in [9.17, 15) is 0 Å². The Morgan fingerprint density at radius 2 is 1.60 bits per heavy atom. The lowest BCUT2D eigenvalue weighted by Crippen LogP contribution is -2.00. The van der Waals surface area contributed by atoms with Gasteiger partial charge in [0.2, 0.25) is 0 Å². The summed E-state index contributed by atoms with van der Waals surface area (Å²) in [6.07, 6.45) is 5.09. The molecule has 1 unspecified atom stereocenters. The molecule has 62 valence electrons. The monoisotopic (exact) mass is 162 g/mol. The normalized spacial score (nSPS) is 14.1. The van der Waals surface area contributed by atoms with E-state index in [1.807, 2.05) is 0 Å². The summed E-state index contributed by atoms with van der Waals surface area (Å²) in [6, 6.07) is 0. The number of halogens is 1. The lowest BCUT2D eigenvalue weighted by Gasteiger charge is -2.11. The molecule has 0 radical (unpaired) electrons. The molecule has 0 aliphatic rings. The average molecular weight is 163 g/mol. The van der Waals surface area contributed by atoms with Gasteiger partial charge in [-0.3, -0.25) is 0 Å². The first-order chi connectivity index (χ1) is 4.70. The van der Waals surface area contributed by atoms with Crippen LogP contribution in [0.5, 0.6) is 0 Å². The van der Waals surface area contributed by atoms with E-state index >= 15 is 0 Å². The molecule has 0 amide bonds. The van der Waals surface area contributed by atoms with E-state index in [-0.39, 0.29) is 0 Å². The first-order valence-electron chi connectivity index (χ1n) is 4.34. The molecular formula is C9H19Cl. The van der Waals surface area contributed by atoms with Crippen molar-refractivity contribution in [2.45, 2.75) is 51.8 Å². The van der Waals surface area contributed by atoms with Crippen LogP contribution < -0.4 is 0 Å². The molecule has 0 spiro atoms. The minimum Gasteiger partial charge on any atom is -0.123 e. The highest BCUT2D eigenvalue weighted by Gasteiger charge is 2.04. The molecule has 0 aliphatic heterocycles. The van der Waals surface area contributed by atoms with Gasteiger partial charge in [0, 0.05) is 5.38 Å². The molecule has 0 saturated heterocycles. The van der Waals surface area contributed by atoms with Crippen LogP contribution in [0.25, 0.3) is 0 Å². The van der Waals surface area contributed by atoms with Crippen LogP contribution in [0.4, 0.5) is 0 Å². The standard InChI is InChI=1S/C9H19Cl/c1-4-9(5-2)7-6-8(3)10/h8-9H,4-7H2,1-3H3. The van der Waals surface area contributed by atoms with Gasteiger partial charge in [-0.05, 0) is 25.7 Å². The Balaban J connectivity index is 3.26. The van der Waals surface area contributed by atoms with Crippen LogP contribution in [0.15, 0.2) is 0 Å². The third-order valence-corrected chi connectivity index (χ3v) is 2.35. The molecule has 0 saturated carbocycles. The van der Waals surface area contributed by atoms with Gasteiger partial charge in [-0.25, -0.2) is 0 Å². The Hall–Kier alpha value is 0.290. The fraction of sp³-hybridized carbons (Fsp3) is 1.00. The Kier molecular flexibility index (Phi) is 6.20. The first kappa shape index (κ1) is 10.3. The quantitative estimate of drug-likeness (QED) is 0.539. The lowest BCUT2D eigenvalue weighted by molar-refractivity contribution is 0.440. The molecule has 1 heteroatoms. The molecule has 0 nitrogen and oxygen atoms in total. The van der Waals surface area contributed by atoms with E-state index in [2.05, 4.69) is 20.8 Å². The summed E-state index contributed by atoms with van der Waals surface area (Å²) in [4.78, 5) is 0. The summed E-state index contributed by atoms with van der Waals surface area (Å²) < 4.78 is 0. The minimum absolute atomic E-state index is 0.362. The van der Waals surface area contributed by atoms with Crippen molar-refractivity contribution in [1.29, 1.82) is 0 Å². The van der Waals surface area contributed by atoms with Crippen LogP contribution in [-0.4, -0.2) is 5.38 Å². The molecule has 0 heterocycles. The van der Waals surface area contributed by atoms with Crippen LogP contribution >= 0.6 is 11.6 Å². The summed E-state index contributed by atoms with van der Waals surface area (Å²) in [5.74, 6) is 0.904.